The molecule has 0 spiro atoms. The Bertz CT molecular complexity index is 1080. The quantitative estimate of drug-likeness (QED) is 0.597. The molecule has 4 nitrogen and oxygen atoms in total. The summed E-state index contributed by atoms with van der Waals surface area (Å²) in [6.45, 7) is 0.505. The lowest BCUT2D eigenvalue weighted by Crippen LogP contribution is -2.41. The number of nitrogens with zero attached hydrogens (tertiary/aromatic N) is 1. The number of hydrogen-bond donors (Lipinski definition) is 0. The molecule has 160 valence electrons. The average molecular weight is 423 g/mol. The number of carbonyl (C=O) groups excluding carboxylic acids is 1. The fourth-order valence-electron chi connectivity index (χ4n) is 4.10. The largest absolute Gasteiger partial charge is 0.493 e. The van der Waals surface area contributed by atoms with E-state index in [9.17, 15) is 13.6 Å². The minimum Gasteiger partial charge on any atom is -0.493 e. The van der Waals surface area contributed by atoms with Crippen molar-refractivity contribution in [3.8, 4) is 11.5 Å². The van der Waals surface area contributed by atoms with Gasteiger partial charge in [0.05, 0.1) is 26.7 Å². The molecule has 4 rings (SSSR count). The summed E-state index contributed by atoms with van der Waals surface area (Å²) in [6, 6.07) is 15.6. The maximum Gasteiger partial charge on any atom is 0.227 e. The van der Waals surface area contributed by atoms with E-state index in [0.717, 1.165) is 22.3 Å². The number of halogens is 2. The molecule has 0 saturated heterocycles. The Morgan fingerprint density at radius 1 is 0.935 bits per heavy atom. The van der Waals surface area contributed by atoms with Crippen LogP contribution in [0.15, 0.2) is 60.7 Å². The van der Waals surface area contributed by atoms with E-state index in [0.29, 0.717) is 24.5 Å². The first-order valence-electron chi connectivity index (χ1n) is 10.0. The van der Waals surface area contributed by atoms with Gasteiger partial charge in [-0.1, -0.05) is 24.3 Å². The highest BCUT2D eigenvalue weighted by Crippen LogP contribution is 2.41. The number of amides is 1. The van der Waals surface area contributed by atoms with Gasteiger partial charge in [0.25, 0.3) is 0 Å². The van der Waals surface area contributed by atoms with Crippen molar-refractivity contribution in [2.45, 2.75) is 18.9 Å². The number of methoxy groups -OCH3 is 2. The summed E-state index contributed by atoms with van der Waals surface area (Å²) in [6.07, 6.45) is 0.809. The summed E-state index contributed by atoms with van der Waals surface area (Å²) in [4.78, 5) is 15.1. The van der Waals surface area contributed by atoms with Gasteiger partial charge in [-0.15, -0.1) is 0 Å². The Labute approximate surface area is 180 Å². The first-order chi connectivity index (χ1) is 15.0. The molecule has 0 aromatic heterocycles. The number of rotatable bonds is 5. The van der Waals surface area contributed by atoms with E-state index in [1.165, 1.54) is 24.3 Å². The van der Waals surface area contributed by atoms with Crippen molar-refractivity contribution in [3.63, 3.8) is 0 Å². The molecule has 0 aliphatic carbocycles. The molecule has 1 unspecified atom stereocenters. The Morgan fingerprint density at radius 3 is 2.13 bits per heavy atom. The van der Waals surface area contributed by atoms with E-state index in [1.54, 1.807) is 43.4 Å². The summed E-state index contributed by atoms with van der Waals surface area (Å²) < 4.78 is 37.8. The molecule has 1 aliphatic heterocycles. The second kappa shape index (κ2) is 8.76. The van der Waals surface area contributed by atoms with Gasteiger partial charge in [0.2, 0.25) is 5.91 Å². The SMILES string of the molecule is COc1cc2c(cc1OC)C(c1ccc(F)cc1)N(C(=O)Cc1ccc(F)cc1)CC2. The predicted molar refractivity (Wildman–Crippen MR) is 113 cm³/mol. The van der Waals surface area contributed by atoms with Gasteiger partial charge in [0, 0.05) is 6.54 Å². The zero-order valence-corrected chi connectivity index (χ0v) is 17.4. The summed E-state index contributed by atoms with van der Waals surface area (Å²) in [7, 11) is 3.15. The summed E-state index contributed by atoms with van der Waals surface area (Å²) in [5, 5.41) is 0. The molecule has 3 aromatic carbocycles. The lowest BCUT2D eigenvalue weighted by Gasteiger charge is -2.38. The van der Waals surface area contributed by atoms with E-state index in [1.807, 2.05) is 12.1 Å². The van der Waals surface area contributed by atoms with Crippen molar-refractivity contribution in [1.82, 2.24) is 4.90 Å². The molecule has 6 heteroatoms. The number of carbonyl (C=O) groups is 1. The maximum absolute atomic E-state index is 13.6. The van der Waals surface area contributed by atoms with E-state index in [-0.39, 0.29) is 24.0 Å². The van der Waals surface area contributed by atoms with Crippen LogP contribution in [0, 0.1) is 11.6 Å². The number of hydrogen-bond acceptors (Lipinski definition) is 3. The summed E-state index contributed by atoms with van der Waals surface area (Å²) in [5.74, 6) is 0.442. The minimum absolute atomic E-state index is 0.0821. The Kier molecular flexibility index (Phi) is 5.89. The van der Waals surface area contributed by atoms with Crippen LogP contribution in [0.5, 0.6) is 11.5 Å². The normalized spacial score (nSPS) is 15.4. The molecular formula is C25H23F2NO3. The fraction of sp³-hybridized carbons (Fsp3) is 0.240. The van der Waals surface area contributed by atoms with Crippen molar-refractivity contribution in [3.05, 3.63) is 94.6 Å². The summed E-state index contributed by atoms with van der Waals surface area (Å²) in [5.41, 5.74) is 3.52. The summed E-state index contributed by atoms with van der Waals surface area (Å²) >= 11 is 0. The van der Waals surface area contributed by atoms with Crippen molar-refractivity contribution < 1.29 is 23.0 Å². The smallest absolute Gasteiger partial charge is 0.227 e. The zero-order valence-electron chi connectivity index (χ0n) is 17.4. The highest BCUT2D eigenvalue weighted by molar-refractivity contribution is 5.80. The van der Waals surface area contributed by atoms with E-state index < -0.39 is 6.04 Å². The Hall–Kier alpha value is -3.41. The highest BCUT2D eigenvalue weighted by Gasteiger charge is 2.33. The predicted octanol–water partition coefficient (Wildman–Crippen LogP) is 4.70. The van der Waals surface area contributed by atoms with Crippen molar-refractivity contribution in [2.24, 2.45) is 0 Å². The van der Waals surface area contributed by atoms with Crippen molar-refractivity contribution in [2.75, 3.05) is 20.8 Å². The second-order valence-corrected chi connectivity index (χ2v) is 7.50. The molecule has 1 heterocycles. The minimum atomic E-state index is -0.392. The Morgan fingerprint density at radius 2 is 1.52 bits per heavy atom. The standard InChI is InChI=1S/C25H23F2NO3/c1-30-22-14-18-11-12-28(24(29)13-16-3-7-19(26)8-4-16)25(21(18)15-23(22)31-2)17-5-9-20(27)10-6-17/h3-10,14-15,25H,11-13H2,1-2H3. The molecule has 1 amide bonds. The zero-order chi connectivity index (χ0) is 22.0. The van der Waals surface area contributed by atoms with Crippen LogP contribution in [0.2, 0.25) is 0 Å². The van der Waals surface area contributed by atoms with Gasteiger partial charge in [-0.2, -0.15) is 0 Å². The van der Waals surface area contributed by atoms with Gasteiger partial charge < -0.3 is 14.4 Å². The molecule has 31 heavy (non-hydrogen) atoms. The van der Waals surface area contributed by atoms with Crippen LogP contribution in [-0.4, -0.2) is 31.6 Å². The van der Waals surface area contributed by atoms with Crippen molar-refractivity contribution in [1.29, 1.82) is 0 Å². The van der Waals surface area contributed by atoms with Crippen LogP contribution >= 0.6 is 0 Å². The monoisotopic (exact) mass is 423 g/mol. The van der Waals surface area contributed by atoms with Crippen LogP contribution < -0.4 is 9.47 Å². The molecule has 0 radical (unpaired) electrons. The van der Waals surface area contributed by atoms with Crippen LogP contribution in [0.1, 0.15) is 28.3 Å². The molecular weight excluding hydrogens is 400 g/mol. The fourth-order valence-corrected chi connectivity index (χ4v) is 4.10. The van der Waals surface area contributed by atoms with Gasteiger partial charge in [-0.05, 0) is 65.1 Å². The average Bonchev–Trinajstić information content (AvgIpc) is 2.79. The topological polar surface area (TPSA) is 38.8 Å². The van der Waals surface area contributed by atoms with Gasteiger partial charge in [-0.25, -0.2) is 8.78 Å². The lowest BCUT2D eigenvalue weighted by molar-refractivity contribution is -0.132. The molecule has 1 aliphatic rings. The van der Waals surface area contributed by atoms with Crippen LogP contribution in [0.4, 0.5) is 8.78 Å². The molecule has 0 bridgehead atoms. The number of ether oxygens (including phenoxy) is 2. The maximum atomic E-state index is 13.6. The van der Waals surface area contributed by atoms with E-state index in [2.05, 4.69) is 0 Å². The molecule has 0 N–H and O–H groups in total. The third-order valence-corrected chi connectivity index (χ3v) is 5.65. The van der Waals surface area contributed by atoms with Gasteiger partial charge in [0.1, 0.15) is 11.6 Å². The van der Waals surface area contributed by atoms with E-state index in [4.69, 9.17) is 9.47 Å². The van der Waals surface area contributed by atoms with Gasteiger partial charge in [-0.3, -0.25) is 4.79 Å². The third-order valence-electron chi connectivity index (χ3n) is 5.65. The highest BCUT2D eigenvalue weighted by atomic mass is 19.1. The Balaban J connectivity index is 1.75. The van der Waals surface area contributed by atoms with Crippen LogP contribution in [-0.2, 0) is 17.6 Å². The van der Waals surface area contributed by atoms with Crippen LogP contribution in [0.25, 0.3) is 0 Å². The third kappa shape index (κ3) is 4.24. The van der Waals surface area contributed by atoms with Gasteiger partial charge >= 0.3 is 0 Å². The lowest BCUT2D eigenvalue weighted by atomic mass is 9.87. The van der Waals surface area contributed by atoms with Crippen molar-refractivity contribution >= 4 is 5.91 Å². The number of fused-ring (bicyclic) bond motifs is 1. The second-order valence-electron chi connectivity index (χ2n) is 7.50. The number of benzene rings is 3. The first kappa shape index (κ1) is 20.8. The van der Waals surface area contributed by atoms with E-state index >= 15 is 0 Å². The molecule has 3 aromatic rings. The van der Waals surface area contributed by atoms with Gasteiger partial charge in [0.15, 0.2) is 11.5 Å². The first-order valence-corrected chi connectivity index (χ1v) is 10.0. The van der Waals surface area contributed by atoms with Crippen LogP contribution in [0.3, 0.4) is 0 Å². The molecule has 0 saturated carbocycles. The molecule has 0 fully saturated rings. The molecule has 1 atom stereocenters.